The Morgan fingerprint density at radius 1 is 0.419 bits per heavy atom. The standard InChI is InChI=1S/C22H24B.C19H17S/c1-2-3-19-23(20-13-7-4-8-14-20,21-15-9-5-10-16-21)22-17-11-6-12-18-22;1-4-10-17(11-5-1)16-20(18-12-6-2-7-13-18)19-14-8-3-9-15-19/h4-18H,2-3,19H2,1H3;1-15H,16H2/q-1;+1. The first-order valence-corrected chi connectivity index (χ1v) is 16.9. The first-order chi connectivity index (χ1) is 21.3. The Morgan fingerprint density at radius 2 is 0.744 bits per heavy atom. The Morgan fingerprint density at radius 3 is 1.09 bits per heavy atom. The molecule has 0 saturated carbocycles. The monoisotopic (exact) mass is 576 g/mol. The van der Waals surface area contributed by atoms with E-state index < -0.39 is 6.15 Å². The SMILES string of the molecule is CCCC[B-](c1ccccc1)(c1ccccc1)c1ccccc1.c1ccc(C[S+](c2ccccc2)c2ccccc2)cc1. The summed E-state index contributed by atoms with van der Waals surface area (Å²) in [6.45, 7) is 2.28. The molecule has 0 spiro atoms. The molecule has 0 aliphatic rings. The molecule has 2 heteroatoms. The third kappa shape index (κ3) is 7.77. The minimum atomic E-state index is -0.913. The van der Waals surface area contributed by atoms with Crippen molar-refractivity contribution in [1.82, 2.24) is 0 Å². The van der Waals surface area contributed by atoms with Gasteiger partial charge in [0.15, 0.2) is 9.79 Å². The van der Waals surface area contributed by atoms with E-state index in [0.29, 0.717) is 0 Å². The van der Waals surface area contributed by atoms with E-state index in [1.807, 2.05) is 0 Å². The summed E-state index contributed by atoms with van der Waals surface area (Å²) in [6, 6.07) is 65.5. The van der Waals surface area contributed by atoms with Crippen molar-refractivity contribution in [2.45, 2.75) is 41.6 Å². The summed E-state index contributed by atoms with van der Waals surface area (Å²) in [5.41, 5.74) is 5.72. The molecule has 0 fully saturated rings. The molecule has 0 aromatic heterocycles. The third-order valence-corrected chi connectivity index (χ3v) is 10.6. The molecule has 0 bridgehead atoms. The molecule has 6 aromatic carbocycles. The van der Waals surface area contributed by atoms with Crippen LogP contribution in [0.5, 0.6) is 0 Å². The van der Waals surface area contributed by atoms with Gasteiger partial charge in [0.1, 0.15) is 5.75 Å². The van der Waals surface area contributed by atoms with Gasteiger partial charge in [-0.1, -0.05) is 177 Å². The van der Waals surface area contributed by atoms with Crippen LogP contribution in [-0.2, 0) is 16.6 Å². The van der Waals surface area contributed by atoms with Crippen LogP contribution >= 0.6 is 0 Å². The van der Waals surface area contributed by atoms with Gasteiger partial charge in [0.2, 0.25) is 0 Å². The number of benzene rings is 6. The van der Waals surface area contributed by atoms with Crippen molar-refractivity contribution in [1.29, 1.82) is 0 Å². The zero-order valence-corrected chi connectivity index (χ0v) is 26.0. The van der Waals surface area contributed by atoms with Crippen molar-refractivity contribution in [2.75, 3.05) is 0 Å². The fourth-order valence-electron chi connectivity index (χ4n) is 6.15. The topological polar surface area (TPSA) is 0 Å². The van der Waals surface area contributed by atoms with Gasteiger partial charge in [-0.05, 0) is 24.3 Å². The van der Waals surface area contributed by atoms with Crippen molar-refractivity contribution in [3.8, 4) is 0 Å². The zero-order valence-electron chi connectivity index (χ0n) is 25.1. The van der Waals surface area contributed by atoms with E-state index in [4.69, 9.17) is 0 Å². The Labute approximate surface area is 261 Å². The Hall–Kier alpha value is -4.27. The molecular weight excluding hydrogens is 535 g/mol. The second kappa shape index (κ2) is 15.8. The summed E-state index contributed by atoms with van der Waals surface area (Å²) >= 11 is 0. The predicted molar refractivity (Wildman–Crippen MR) is 191 cm³/mol. The lowest BCUT2D eigenvalue weighted by Gasteiger charge is -2.43. The molecule has 6 rings (SSSR count). The first-order valence-electron chi connectivity index (χ1n) is 15.5. The highest BCUT2D eigenvalue weighted by molar-refractivity contribution is 7.96. The molecule has 214 valence electrons. The van der Waals surface area contributed by atoms with E-state index in [9.17, 15) is 0 Å². The quantitative estimate of drug-likeness (QED) is 0.113. The minimum absolute atomic E-state index is 0.0978. The summed E-state index contributed by atoms with van der Waals surface area (Å²) in [7, 11) is 0.0978. The normalized spacial score (nSPS) is 11.0. The van der Waals surface area contributed by atoms with E-state index in [0.717, 1.165) is 5.75 Å². The fraction of sp³-hybridized carbons (Fsp3) is 0.122. The van der Waals surface area contributed by atoms with Crippen LogP contribution < -0.4 is 16.4 Å². The molecule has 0 heterocycles. The van der Waals surface area contributed by atoms with Gasteiger partial charge in [-0.15, -0.1) is 0 Å². The van der Waals surface area contributed by atoms with Crippen molar-refractivity contribution in [3.63, 3.8) is 0 Å². The number of hydrogen-bond acceptors (Lipinski definition) is 0. The minimum Gasteiger partial charge on any atom is -0.200 e. The molecule has 0 atom stereocenters. The van der Waals surface area contributed by atoms with Gasteiger partial charge in [0, 0.05) is 5.56 Å². The molecule has 43 heavy (non-hydrogen) atoms. The summed E-state index contributed by atoms with van der Waals surface area (Å²) < 4.78 is 0. The van der Waals surface area contributed by atoms with Gasteiger partial charge in [-0.25, -0.2) is 0 Å². The highest BCUT2D eigenvalue weighted by Crippen LogP contribution is 2.26. The first kappa shape index (κ1) is 30.2. The van der Waals surface area contributed by atoms with Crippen LogP contribution in [0.25, 0.3) is 0 Å². The highest BCUT2D eigenvalue weighted by Gasteiger charge is 2.29. The lowest BCUT2D eigenvalue weighted by atomic mass is 9.14. The molecule has 0 unspecified atom stereocenters. The molecule has 0 aliphatic carbocycles. The third-order valence-electron chi connectivity index (χ3n) is 8.31. The summed E-state index contributed by atoms with van der Waals surface area (Å²) in [5, 5.41) is 0. The average Bonchev–Trinajstić information content (AvgIpc) is 3.10. The molecule has 0 aliphatic heterocycles. The lowest BCUT2D eigenvalue weighted by Crippen LogP contribution is -2.66. The van der Waals surface area contributed by atoms with Gasteiger partial charge in [0.25, 0.3) is 0 Å². The van der Waals surface area contributed by atoms with Crippen LogP contribution in [0.4, 0.5) is 0 Å². The molecule has 0 nitrogen and oxygen atoms in total. The van der Waals surface area contributed by atoms with Crippen LogP contribution in [0.15, 0.2) is 192 Å². The van der Waals surface area contributed by atoms with Crippen molar-refractivity contribution < 1.29 is 0 Å². The van der Waals surface area contributed by atoms with E-state index in [1.165, 1.54) is 50.9 Å². The Balaban J connectivity index is 0.000000173. The van der Waals surface area contributed by atoms with E-state index >= 15 is 0 Å². The van der Waals surface area contributed by atoms with Crippen molar-refractivity contribution in [2.24, 2.45) is 0 Å². The van der Waals surface area contributed by atoms with Crippen LogP contribution in [0, 0.1) is 0 Å². The van der Waals surface area contributed by atoms with Crippen molar-refractivity contribution in [3.05, 3.63) is 188 Å². The largest absolute Gasteiger partial charge is 0.200 e. The highest BCUT2D eigenvalue weighted by atomic mass is 32.2. The fourth-order valence-corrected chi connectivity index (χ4v) is 8.25. The van der Waals surface area contributed by atoms with Crippen LogP contribution in [-0.4, -0.2) is 6.15 Å². The molecule has 0 N–H and O–H groups in total. The smallest absolute Gasteiger partial charge is 0.161 e. The predicted octanol–water partition coefficient (Wildman–Crippen LogP) is 8.88. The van der Waals surface area contributed by atoms with E-state index in [2.05, 4.69) is 189 Å². The Bertz CT molecular complexity index is 1450. The maximum absolute atomic E-state index is 2.30. The van der Waals surface area contributed by atoms with Crippen molar-refractivity contribution >= 4 is 33.4 Å². The van der Waals surface area contributed by atoms with Crippen LogP contribution in [0.3, 0.4) is 0 Å². The molecule has 0 radical (unpaired) electrons. The average molecular weight is 577 g/mol. The van der Waals surface area contributed by atoms with E-state index in [-0.39, 0.29) is 10.9 Å². The molecule has 0 amide bonds. The summed E-state index contributed by atoms with van der Waals surface area (Å²) in [4.78, 5) is 2.81. The van der Waals surface area contributed by atoms with Crippen LogP contribution in [0.2, 0.25) is 6.32 Å². The number of rotatable bonds is 10. The maximum Gasteiger partial charge on any atom is 0.161 e. The number of unbranched alkanes of at least 4 members (excludes halogenated alkanes) is 1. The van der Waals surface area contributed by atoms with E-state index in [1.54, 1.807) is 0 Å². The van der Waals surface area contributed by atoms with Gasteiger partial charge < -0.3 is 0 Å². The number of hydrogen-bond donors (Lipinski definition) is 0. The molecule has 0 saturated heterocycles. The Kier molecular flexibility index (Phi) is 11.1. The van der Waals surface area contributed by atoms with Gasteiger partial charge >= 0.3 is 0 Å². The second-order valence-electron chi connectivity index (χ2n) is 11.1. The maximum atomic E-state index is 2.30. The molecule has 6 aromatic rings. The zero-order chi connectivity index (χ0) is 29.6. The molecular formula is C41H41BS. The van der Waals surface area contributed by atoms with Gasteiger partial charge in [0.05, 0.1) is 17.0 Å². The summed E-state index contributed by atoms with van der Waals surface area (Å²) in [6.07, 6.45) is 2.73. The lowest BCUT2D eigenvalue weighted by molar-refractivity contribution is 0.874. The second-order valence-corrected chi connectivity index (χ2v) is 13.1. The van der Waals surface area contributed by atoms with Gasteiger partial charge in [-0.3, -0.25) is 0 Å². The van der Waals surface area contributed by atoms with Gasteiger partial charge in [-0.2, -0.15) is 22.7 Å². The summed E-state index contributed by atoms with van der Waals surface area (Å²) in [5.74, 6) is 1.06. The van der Waals surface area contributed by atoms with Crippen LogP contribution in [0.1, 0.15) is 25.3 Å².